The molecule has 380 valence electrons. The molecule has 23 heteroatoms. The minimum atomic E-state index is -1.28. The third kappa shape index (κ3) is 16.6. The Morgan fingerprint density at radius 1 is 0.648 bits per heavy atom. The zero-order valence-corrected chi connectivity index (χ0v) is 40.9. The van der Waals surface area contributed by atoms with Gasteiger partial charge in [-0.05, 0) is 48.5 Å². The number of para-hydroxylation sites is 1. The van der Waals surface area contributed by atoms with Crippen LogP contribution in [0.5, 0.6) is 0 Å². The second kappa shape index (κ2) is 27.0. The summed E-state index contributed by atoms with van der Waals surface area (Å²) in [5.41, 5.74) is 15.2. The van der Waals surface area contributed by atoms with Crippen molar-refractivity contribution in [3.8, 4) is 0 Å². The number of nitrogens with zero attached hydrogens (tertiary/aromatic N) is 2. The zero-order valence-electron chi connectivity index (χ0n) is 40.1. The van der Waals surface area contributed by atoms with Crippen LogP contribution in [0.3, 0.4) is 0 Å². The number of fused-ring (bicyclic) bond motifs is 1. The molecule has 0 aliphatic heterocycles. The highest BCUT2D eigenvalue weighted by Gasteiger charge is 2.33. The summed E-state index contributed by atoms with van der Waals surface area (Å²) in [4.78, 5) is 125. The van der Waals surface area contributed by atoms with Crippen molar-refractivity contribution in [1.82, 2.24) is 62.1 Å². The second-order valence-corrected chi connectivity index (χ2v) is 18.2. The fraction of sp³-hybridized carbons (Fsp3) is 0.417. The summed E-state index contributed by atoms with van der Waals surface area (Å²) in [6.07, 6.45) is 10.3. The third-order valence-electron chi connectivity index (χ3n) is 11.8. The third-order valence-corrected chi connectivity index (χ3v) is 12.5. The summed E-state index contributed by atoms with van der Waals surface area (Å²) in [6.45, 7) is 4.37. The highest BCUT2D eigenvalue weighted by molar-refractivity contribution is 7.98. The Bertz CT molecular complexity index is 2560. The molecule has 22 nitrogen and oxygen atoms in total. The van der Waals surface area contributed by atoms with E-state index in [0.29, 0.717) is 29.1 Å². The highest BCUT2D eigenvalue weighted by Crippen LogP contribution is 2.20. The van der Waals surface area contributed by atoms with Crippen LogP contribution in [0.4, 0.5) is 0 Å². The molecule has 0 radical (unpaired) electrons. The lowest BCUT2D eigenvalue weighted by Gasteiger charge is -2.27. The fourth-order valence-electron chi connectivity index (χ4n) is 7.57. The number of amides is 8. The number of H-pyrrole nitrogens is 3. The van der Waals surface area contributed by atoms with Gasteiger partial charge in [0.2, 0.25) is 47.3 Å². The number of aromatic amines is 3. The standard InChI is InChI=1S/C48H64N14O8S/c1-5-27(2)41(62-43(65)28(3)57-45(67)38(18-30-21-53-35-14-10-9-13-33(30)35)60-44(66)34(49)19-31-22-51-25-55-31)48(70)54-24-40(63)58-39(20-32-23-52-26-56-32)47(69)61-37(17-29-11-7-6-8-12-29)46(68)59-36(42(50)64)15-16-71-4/h6-14,21-23,25-28,34,36-39,41,53H,5,15-20,24,49H2,1-4H3,(H2,50,64)(H,51,55)(H,52,56)(H,54,70)(H,57,67)(H,58,63)(H,59,68)(H,60,66)(H,61,69)(H,62,65). The molecule has 5 rings (SSSR count). The number of thioether (sulfide) groups is 1. The van der Waals surface area contributed by atoms with Crippen LogP contribution in [-0.4, -0.2) is 133 Å². The van der Waals surface area contributed by atoms with Crippen LogP contribution in [0.25, 0.3) is 10.9 Å². The molecule has 0 saturated carbocycles. The van der Waals surface area contributed by atoms with Crippen molar-refractivity contribution < 1.29 is 38.4 Å². The number of imidazole rings is 2. The Morgan fingerprint density at radius 2 is 1.24 bits per heavy atom. The van der Waals surface area contributed by atoms with Gasteiger partial charge in [-0.1, -0.05) is 68.8 Å². The first-order valence-electron chi connectivity index (χ1n) is 23.2. The van der Waals surface area contributed by atoms with Crippen molar-refractivity contribution in [1.29, 1.82) is 0 Å². The van der Waals surface area contributed by atoms with Gasteiger partial charge in [0.05, 0.1) is 25.2 Å². The Morgan fingerprint density at radius 3 is 1.87 bits per heavy atom. The van der Waals surface area contributed by atoms with Crippen molar-refractivity contribution in [2.24, 2.45) is 17.4 Å². The quantitative estimate of drug-likeness (QED) is 0.0303. The van der Waals surface area contributed by atoms with E-state index in [9.17, 15) is 38.4 Å². The topological polar surface area (TPSA) is 346 Å². The first-order valence-corrected chi connectivity index (χ1v) is 24.6. The molecule has 8 unspecified atom stereocenters. The SMILES string of the molecule is CCC(C)C(NC(=O)C(C)NC(=O)C(Cc1c[nH]c2ccccc12)NC(=O)C(N)Cc1cnc[nH]1)C(=O)NCC(=O)NC(Cc1cnc[nH]1)C(=O)NC(Cc1ccccc1)C(=O)NC(CCSC)C(N)=O. The van der Waals surface area contributed by atoms with Gasteiger partial charge in [-0.2, -0.15) is 11.8 Å². The van der Waals surface area contributed by atoms with Crippen molar-refractivity contribution >= 4 is 69.9 Å². The molecular formula is C48H64N14O8S. The van der Waals surface area contributed by atoms with Crippen molar-refractivity contribution in [3.63, 3.8) is 0 Å². The van der Waals surface area contributed by atoms with Gasteiger partial charge in [0, 0.05) is 66.6 Å². The van der Waals surface area contributed by atoms with Crippen molar-refractivity contribution in [3.05, 3.63) is 108 Å². The van der Waals surface area contributed by atoms with Crippen molar-refractivity contribution in [2.75, 3.05) is 18.6 Å². The van der Waals surface area contributed by atoms with Crippen LogP contribution >= 0.6 is 11.8 Å². The number of benzene rings is 2. The Balaban J connectivity index is 1.23. The predicted octanol–water partition coefficient (Wildman–Crippen LogP) is -0.459. The molecule has 0 bridgehead atoms. The number of hydrogen-bond acceptors (Lipinski definition) is 12. The van der Waals surface area contributed by atoms with Gasteiger partial charge < -0.3 is 63.6 Å². The first kappa shape index (κ1) is 54.4. The number of carbonyl (C=O) groups is 8. The molecule has 2 aromatic carbocycles. The summed E-state index contributed by atoms with van der Waals surface area (Å²) in [6, 6.07) is 8.37. The van der Waals surface area contributed by atoms with Gasteiger partial charge in [-0.3, -0.25) is 38.4 Å². The molecule has 14 N–H and O–H groups in total. The van der Waals surface area contributed by atoms with Crippen LogP contribution < -0.4 is 48.7 Å². The molecule has 0 spiro atoms. The van der Waals surface area contributed by atoms with Crippen LogP contribution in [0.15, 0.2) is 85.8 Å². The molecule has 0 aliphatic rings. The number of carbonyl (C=O) groups excluding carboxylic acids is 8. The maximum atomic E-state index is 14.0. The van der Waals surface area contributed by atoms with E-state index in [0.717, 1.165) is 16.5 Å². The Labute approximate surface area is 415 Å². The number of hydrogen-bond donors (Lipinski definition) is 12. The smallest absolute Gasteiger partial charge is 0.243 e. The van der Waals surface area contributed by atoms with E-state index in [4.69, 9.17) is 11.5 Å². The summed E-state index contributed by atoms with van der Waals surface area (Å²) in [5.74, 6) is -5.50. The number of rotatable bonds is 28. The molecule has 5 aromatic rings. The summed E-state index contributed by atoms with van der Waals surface area (Å²) in [7, 11) is 0. The molecular weight excluding hydrogens is 933 g/mol. The summed E-state index contributed by atoms with van der Waals surface area (Å²) < 4.78 is 0. The summed E-state index contributed by atoms with van der Waals surface area (Å²) >= 11 is 1.47. The average molecular weight is 997 g/mol. The van der Waals surface area contributed by atoms with E-state index >= 15 is 0 Å². The monoisotopic (exact) mass is 996 g/mol. The van der Waals surface area contributed by atoms with Crippen molar-refractivity contribution in [2.45, 2.75) is 102 Å². The maximum Gasteiger partial charge on any atom is 0.243 e. The maximum absolute atomic E-state index is 14.0. The molecule has 3 heterocycles. The Hall–Kier alpha value is -7.53. The highest BCUT2D eigenvalue weighted by atomic mass is 32.2. The average Bonchev–Trinajstić information content (AvgIpc) is 4.17. The molecule has 0 saturated heterocycles. The van der Waals surface area contributed by atoms with E-state index in [1.807, 2.05) is 37.4 Å². The molecule has 0 fully saturated rings. The molecule has 8 amide bonds. The minimum Gasteiger partial charge on any atom is -0.368 e. The van der Waals surface area contributed by atoms with Gasteiger partial charge >= 0.3 is 0 Å². The first-order chi connectivity index (χ1) is 34.1. The predicted molar refractivity (Wildman–Crippen MR) is 267 cm³/mol. The second-order valence-electron chi connectivity index (χ2n) is 17.2. The lowest BCUT2D eigenvalue weighted by Crippen LogP contribution is -2.59. The van der Waals surface area contributed by atoms with Crippen LogP contribution in [-0.2, 0) is 64.0 Å². The van der Waals surface area contributed by atoms with Gasteiger partial charge in [0.25, 0.3) is 0 Å². The Kier molecular flexibility index (Phi) is 20.7. The van der Waals surface area contributed by atoms with E-state index < -0.39 is 102 Å². The molecule has 3 aromatic heterocycles. The molecule has 8 atom stereocenters. The number of nitrogens with one attached hydrogen (secondary N) is 10. The lowest BCUT2D eigenvalue weighted by molar-refractivity contribution is -0.135. The largest absolute Gasteiger partial charge is 0.368 e. The van der Waals surface area contributed by atoms with E-state index in [1.165, 1.54) is 37.5 Å². The van der Waals surface area contributed by atoms with Crippen LogP contribution in [0.1, 0.15) is 56.1 Å². The van der Waals surface area contributed by atoms with Crippen LogP contribution in [0, 0.1) is 5.92 Å². The van der Waals surface area contributed by atoms with Gasteiger partial charge in [-0.25, -0.2) is 9.97 Å². The summed E-state index contributed by atoms with van der Waals surface area (Å²) in [5, 5.41) is 19.5. The fourth-order valence-corrected chi connectivity index (χ4v) is 8.04. The van der Waals surface area contributed by atoms with Gasteiger partial charge in [0.15, 0.2) is 0 Å². The van der Waals surface area contributed by atoms with E-state index in [1.54, 1.807) is 49.6 Å². The van der Waals surface area contributed by atoms with Gasteiger partial charge in [-0.15, -0.1) is 0 Å². The molecule has 71 heavy (non-hydrogen) atoms. The number of primary amides is 1. The minimum absolute atomic E-state index is 0.0440. The van der Waals surface area contributed by atoms with E-state index in [2.05, 4.69) is 62.1 Å². The van der Waals surface area contributed by atoms with Crippen LogP contribution in [0.2, 0.25) is 0 Å². The zero-order chi connectivity index (χ0) is 51.5. The molecule has 0 aliphatic carbocycles. The number of nitrogens with two attached hydrogens (primary N) is 2. The normalized spacial score (nSPS) is 14.5. The van der Waals surface area contributed by atoms with E-state index in [-0.39, 0.29) is 32.1 Å². The number of aromatic nitrogens is 5. The lowest BCUT2D eigenvalue weighted by atomic mass is 9.98. The van der Waals surface area contributed by atoms with Gasteiger partial charge in [0.1, 0.15) is 36.3 Å².